The van der Waals surface area contributed by atoms with Crippen molar-refractivity contribution in [1.29, 1.82) is 5.26 Å². The summed E-state index contributed by atoms with van der Waals surface area (Å²) in [5.74, 6) is 1.10. The van der Waals surface area contributed by atoms with Gasteiger partial charge in [-0.2, -0.15) is 5.26 Å². The van der Waals surface area contributed by atoms with Crippen LogP contribution < -0.4 is 0 Å². The maximum Gasteiger partial charge on any atom is 0.0672 e. The van der Waals surface area contributed by atoms with Gasteiger partial charge in [-0.05, 0) is 58.8 Å². The van der Waals surface area contributed by atoms with Gasteiger partial charge >= 0.3 is 0 Å². The molecule has 1 saturated carbocycles. The lowest BCUT2D eigenvalue weighted by atomic mass is 9.92. The van der Waals surface area contributed by atoms with Crippen LogP contribution in [0.2, 0.25) is 0 Å². The summed E-state index contributed by atoms with van der Waals surface area (Å²) in [6, 6.07) is 3.08. The number of likely N-dealkylation sites (tertiary alicyclic amines) is 1. The molecular formula is C16H29N3. The molecule has 0 N–H and O–H groups in total. The van der Waals surface area contributed by atoms with Gasteiger partial charge in [-0.25, -0.2) is 0 Å². The molecule has 0 spiro atoms. The zero-order valence-corrected chi connectivity index (χ0v) is 12.6. The van der Waals surface area contributed by atoms with E-state index < -0.39 is 0 Å². The number of nitriles is 1. The average Bonchev–Trinajstić information content (AvgIpc) is 2.66. The Kier molecular flexibility index (Phi) is 5.66. The van der Waals surface area contributed by atoms with Crippen LogP contribution in [0, 0.1) is 23.2 Å². The lowest BCUT2D eigenvalue weighted by molar-refractivity contribution is 0.128. The Morgan fingerprint density at radius 1 is 1.11 bits per heavy atom. The molecule has 0 radical (unpaired) electrons. The molecule has 2 unspecified atom stereocenters. The van der Waals surface area contributed by atoms with E-state index in [0.717, 1.165) is 12.3 Å². The number of hydrogen-bond acceptors (Lipinski definition) is 3. The van der Waals surface area contributed by atoms with Crippen molar-refractivity contribution in [3.8, 4) is 6.07 Å². The monoisotopic (exact) mass is 263 g/mol. The van der Waals surface area contributed by atoms with Gasteiger partial charge in [0.05, 0.1) is 12.0 Å². The molecule has 0 bridgehead atoms. The van der Waals surface area contributed by atoms with Gasteiger partial charge in [0, 0.05) is 12.6 Å². The molecule has 3 nitrogen and oxygen atoms in total. The molecule has 3 heteroatoms. The standard InChI is InChI=1S/C16H29N3/c1-18-10-8-14(9-11-18)13-19(2)16-7-5-3-4-6-15(16)12-17/h14-16H,3-11,13H2,1-2H3. The summed E-state index contributed by atoms with van der Waals surface area (Å²) in [5, 5.41) is 9.39. The molecule has 2 atom stereocenters. The van der Waals surface area contributed by atoms with Crippen LogP contribution in [-0.2, 0) is 0 Å². The molecular weight excluding hydrogens is 234 g/mol. The highest BCUT2D eigenvalue weighted by Gasteiger charge is 2.28. The Bertz CT molecular complexity index is 302. The first-order valence-corrected chi connectivity index (χ1v) is 7.99. The summed E-state index contributed by atoms with van der Waals surface area (Å²) in [7, 11) is 4.47. The van der Waals surface area contributed by atoms with E-state index in [1.54, 1.807) is 0 Å². The molecule has 2 aliphatic rings. The first-order valence-electron chi connectivity index (χ1n) is 7.99. The van der Waals surface area contributed by atoms with E-state index in [-0.39, 0.29) is 5.92 Å². The highest BCUT2D eigenvalue weighted by Crippen LogP contribution is 2.28. The molecule has 2 fully saturated rings. The topological polar surface area (TPSA) is 30.3 Å². The number of nitrogens with zero attached hydrogens (tertiary/aromatic N) is 3. The number of piperidine rings is 1. The second-order valence-electron chi connectivity index (χ2n) is 6.63. The smallest absolute Gasteiger partial charge is 0.0672 e. The zero-order valence-electron chi connectivity index (χ0n) is 12.6. The summed E-state index contributed by atoms with van der Waals surface area (Å²) in [4.78, 5) is 4.94. The van der Waals surface area contributed by atoms with Crippen molar-refractivity contribution in [2.24, 2.45) is 11.8 Å². The predicted molar refractivity (Wildman–Crippen MR) is 78.8 cm³/mol. The number of hydrogen-bond donors (Lipinski definition) is 0. The van der Waals surface area contributed by atoms with Crippen LogP contribution in [0.1, 0.15) is 44.9 Å². The molecule has 1 saturated heterocycles. The minimum absolute atomic E-state index is 0.263. The van der Waals surface area contributed by atoms with E-state index in [9.17, 15) is 5.26 Å². The largest absolute Gasteiger partial charge is 0.306 e. The summed E-state index contributed by atoms with van der Waals surface area (Å²) in [6.45, 7) is 3.67. The number of rotatable bonds is 3. The van der Waals surface area contributed by atoms with Crippen LogP contribution in [-0.4, -0.2) is 49.6 Å². The van der Waals surface area contributed by atoms with Crippen molar-refractivity contribution >= 4 is 0 Å². The Morgan fingerprint density at radius 3 is 2.47 bits per heavy atom. The maximum atomic E-state index is 9.39. The van der Waals surface area contributed by atoms with Gasteiger partial charge in [-0.15, -0.1) is 0 Å². The summed E-state index contributed by atoms with van der Waals surface area (Å²) in [5.41, 5.74) is 0. The fraction of sp³-hybridized carbons (Fsp3) is 0.938. The van der Waals surface area contributed by atoms with Gasteiger partial charge in [0.1, 0.15) is 0 Å². The minimum atomic E-state index is 0.263. The molecule has 2 rings (SSSR count). The Morgan fingerprint density at radius 2 is 1.79 bits per heavy atom. The molecule has 19 heavy (non-hydrogen) atoms. The Balaban J connectivity index is 1.86. The summed E-state index contributed by atoms with van der Waals surface area (Å²) >= 11 is 0. The lowest BCUT2D eigenvalue weighted by Crippen LogP contribution is -2.42. The molecule has 108 valence electrons. The van der Waals surface area contributed by atoms with Gasteiger partial charge in [0.2, 0.25) is 0 Å². The molecule has 0 aromatic carbocycles. The average molecular weight is 263 g/mol. The maximum absolute atomic E-state index is 9.39. The normalized spacial score (nSPS) is 31.1. The van der Waals surface area contributed by atoms with Gasteiger partial charge in [-0.3, -0.25) is 0 Å². The van der Waals surface area contributed by atoms with Gasteiger partial charge in [0.25, 0.3) is 0 Å². The van der Waals surface area contributed by atoms with Crippen LogP contribution in [0.5, 0.6) is 0 Å². The SMILES string of the molecule is CN1CCC(CN(C)C2CCCCCC2C#N)CC1. The second-order valence-corrected chi connectivity index (χ2v) is 6.63. The van der Waals surface area contributed by atoms with Crippen LogP contribution in [0.15, 0.2) is 0 Å². The van der Waals surface area contributed by atoms with Crippen LogP contribution in [0.4, 0.5) is 0 Å². The lowest BCUT2D eigenvalue weighted by Gasteiger charge is -2.36. The third kappa shape index (κ3) is 4.19. The van der Waals surface area contributed by atoms with E-state index in [0.29, 0.717) is 6.04 Å². The van der Waals surface area contributed by atoms with Crippen molar-refractivity contribution in [3.63, 3.8) is 0 Å². The van der Waals surface area contributed by atoms with Gasteiger partial charge in [-0.1, -0.05) is 19.3 Å². The molecule has 0 amide bonds. The van der Waals surface area contributed by atoms with E-state index in [1.807, 2.05) is 0 Å². The fourth-order valence-corrected chi connectivity index (χ4v) is 3.75. The van der Waals surface area contributed by atoms with Crippen molar-refractivity contribution in [2.75, 3.05) is 33.7 Å². The van der Waals surface area contributed by atoms with Crippen LogP contribution in [0.25, 0.3) is 0 Å². The first-order chi connectivity index (χ1) is 9.20. The highest BCUT2D eigenvalue weighted by molar-refractivity contribution is 4.94. The molecule has 0 aromatic rings. The molecule has 1 aliphatic heterocycles. The van der Waals surface area contributed by atoms with Gasteiger partial charge in [0.15, 0.2) is 0 Å². The summed E-state index contributed by atoms with van der Waals surface area (Å²) < 4.78 is 0. The quantitative estimate of drug-likeness (QED) is 0.733. The minimum Gasteiger partial charge on any atom is -0.306 e. The fourth-order valence-electron chi connectivity index (χ4n) is 3.75. The zero-order chi connectivity index (χ0) is 13.7. The van der Waals surface area contributed by atoms with E-state index in [4.69, 9.17) is 0 Å². The third-order valence-corrected chi connectivity index (χ3v) is 5.10. The second kappa shape index (κ2) is 7.26. The van der Waals surface area contributed by atoms with Gasteiger partial charge < -0.3 is 9.80 Å². The van der Waals surface area contributed by atoms with Crippen LogP contribution in [0.3, 0.4) is 0 Å². The Hall–Kier alpha value is -0.590. The van der Waals surface area contributed by atoms with E-state index in [1.165, 1.54) is 58.2 Å². The van der Waals surface area contributed by atoms with Crippen molar-refractivity contribution in [3.05, 3.63) is 0 Å². The molecule has 1 heterocycles. The van der Waals surface area contributed by atoms with Crippen molar-refractivity contribution < 1.29 is 0 Å². The predicted octanol–water partition coefficient (Wildman–Crippen LogP) is 2.73. The summed E-state index contributed by atoms with van der Waals surface area (Å²) in [6.07, 6.45) is 8.85. The van der Waals surface area contributed by atoms with E-state index >= 15 is 0 Å². The molecule has 0 aromatic heterocycles. The Labute approximate surface area is 118 Å². The third-order valence-electron chi connectivity index (χ3n) is 5.10. The van der Waals surface area contributed by atoms with Crippen molar-refractivity contribution in [1.82, 2.24) is 9.80 Å². The van der Waals surface area contributed by atoms with Crippen molar-refractivity contribution in [2.45, 2.75) is 51.0 Å². The van der Waals surface area contributed by atoms with Crippen LogP contribution >= 0.6 is 0 Å². The van der Waals surface area contributed by atoms with E-state index in [2.05, 4.69) is 30.0 Å². The molecule has 1 aliphatic carbocycles. The first kappa shape index (κ1) is 14.8. The highest BCUT2D eigenvalue weighted by atomic mass is 15.1.